The number of ether oxygens (including phenoxy) is 1. The first-order valence-corrected chi connectivity index (χ1v) is 9.18. The number of nitrogens with one attached hydrogen (secondary N) is 2. The third kappa shape index (κ3) is 3.74. The lowest BCUT2D eigenvalue weighted by atomic mass is 9.93. The van der Waals surface area contributed by atoms with Gasteiger partial charge in [-0.15, -0.1) is 11.3 Å². The molecule has 4 nitrogen and oxygen atoms in total. The summed E-state index contributed by atoms with van der Waals surface area (Å²) in [6.07, 6.45) is 0. The van der Waals surface area contributed by atoms with Gasteiger partial charge in [-0.3, -0.25) is 4.79 Å². The number of carbonyl (C=O) groups is 1. The van der Waals surface area contributed by atoms with Crippen LogP contribution < -0.4 is 15.4 Å². The van der Waals surface area contributed by atoms with Gasteiger partial charge < -0.3 is 15.4 Å². The van der Waals surface area contributed by atoms with Crippen LogP contribution in [0.15, 0.2) is 36.4 Å². The summed E-state index contributed by atoms with van der Waals surface area (Å²) < 4.78 is 6.02. The second-order valence-corrected chi connectivity index (χ2v) is 7.77. The summed E-state index contributed by atoms with van der Waals surface area (Å²) in [4.78, 5) is 13.9. The van der Waals surface area contributed by atoms with Gasteiger partial charge in [-0.05, 0) is 36.8 Å². The monoisotopic (exact) mass is 364 g/mol. The molecule has 2 heterocycles. The summed E-state index contributed by atoms with van der Waals surface area (Å²) in [6.45, 7) is 3.49. The van der Waals surface area contributed by atoms with Crippen LogP contribution in [0.3, 0.4) is 0 Å². The third-order valence-electron chi connectivity index (χ3n) is 4.46. The molecule has 1 aliphatic rings. The van der Waals surface area contributed by atoms with Crippen LogP contribution in [-0.4, -0.2) is 26.1 Å². The Balaban J connectivity index is 1.69. The highest BCUT2D eigenvalue weighted by atomic mass is 35.5. The van der Waals surface area contributed by atoms with E-state index in [1.54, 1.807) is 18.4 Å². The molecule has 0 saturated carbocycles. The standard InChI is InChI=1S/C18H21ClN2O2S/c1-11(12-4-3-5-13(8-12)23-2)21-18(22)15-10-20-9-14(15)16-6-7-17(19)24-16/h3-8,11,14-15,20H,9-10H2,1-2H3,(H,21,22)/t11-,14+,15+/m0/s1. The molecule has 1 fully saturated rings. The van der Waals surface area contributed by atoms with E-state index in [2.05, 4.69) is 10.6 Å². The van der Waals surface area contributed by atoms with E-state index in [0.29, 0.717) is 6.54 Å². The van der Waals surface area contributed by atoms with Crippen molar-refractivity contribution < 1.29 is 9.53 Å². The topological polar surface area (TPSA) is 50.4 Å². The van der Waals surface area contributed by atoms with Crippen LogP contribution in [0.4, 0.5) is 0 Å². The Morgan fingerprint density at radius 3 is 2.92 bits per heavy atom. The quantitative estimate of drug-likeness (QED) is 0.852. The number of hydrogen-bond donors (Lipinski definition) is 2. The van der Waals surface area contributed by atoms with E-state index in [9.17, 15) is 4.79 Å². The second kappa shape index (κ2) is 7.55. The predicted molar refractivity (Wildman–Crippen MR) is 98.0 cm³/mol. The lowest BCUT2D eigenvalue weighted by molar-refractivity contribution is -0.125. The number of halogens is 1. The summed E-state index contributed by atoms with van der Waals surface area (Å²) >= 11 is 7.60. The molecule has 1 aromatic heterocycles. The number of rotatable bonds is 5. The number of amides is 1. The van der Waals surface area contributed by atoms with E-state index < -0.39 is 0 Å². The van der Waals surface area contributed by atoms with Crippen molar-refractivity contribution in [3.8, 4) is 5.75 Å². The second-order valence-electron chi connectivity index (χ2n) is 6.02. The van der Waals surface area contributed by atoms with Crippen LogP contribution >= 0.6 is 22.9 Å². The van der Waals surface area contributed by atoms with Gasteiger partial charge in [-0.1, -0.05) is 23.7 Å². The molecule has 1 aromatic carbocycles. The fraction of sp³-hybridized carbons (Fsp3) is 0.389. The highest BCUT2D eigenvalue weighted by molar-refractivity contribution is 7.16. The molecule has 1 aliphatic heterocycles. The Morgan fingerprint density at radius 2 is 2.21 bits per heavy atom. The van der Waals surface area contributed by atoms with Crippen molar-refractivity contribution in [3.05, 3.63) is 51.2 Å². The maximum absolute atomic E-state index is 12.8. The Labute approximate surface area is 151 Å². The minimum atomic E-state index is -0.0761. The maximum Gasteiger partial charge on any atom is 0.225 e. The van der Waals surface area contributed by atoms with Crippen LogP contribution in [0, 0.1) is 5.92 Å². The Bertz CT molecular complexity index is 719. The average molecular weight is 365 g/mol. The van der Waals surface area contributed by atoms with Crippen LogP contribution in [0.1, 0.15) is 29.3 Å². The van der Waals surface area contributed by atoms with E-state index in [1.165, 1.54) is 4.88 Å². The first-order valence-electron chi connectivity index (χ1n) is 7.98. The predicted octanol–water partition coefficient (Wildman–Crippen LogP) is 3.59. The lowest BCUT2D eigenvalue weighted by Crippen LogP contribution is -2.35. The van der Waals surface area contributed by atoms with Crippen molar-refractivity contribution in [2.45, 2.75) is 18.9 Å². The van der Waals surface area contributed by atoms with Crippen LogP contribution in [-0.2, 0) is 4.79 Å². The van der Waals surface area contributed by atoms with Crippen molar-refractivity contribution in [1.82, 2.24) is 10.6 Å². The minimum absolute atomic E-state index is 0.0687. The molecule has 0 radical (unpaired) electrons. The largest absolute Gasteiger partial charge is 0.497 e. The molecule has 1 saturated heterocycles. The molecule has 0 spiro atoms. The molecule has 1 amide bonds. The van der Waals surface area contributed by atoms with Gasteiger partial charge in [0.25, 0.3) is 0 Å². The fourth-order valence-electron chi connectivity index (χ4n) is 3.10. The number of benzene rings is 1. The van der Waals surface area contributed by atoms with Crippen molar-refractivity contribution in [2.24, 2.45) is 5.92 Å². The molecular weight excluding hydrogens is 344 g/mol. The smallest absolute Gasteiger partial charge is 0.225 e. The summed E-state index contributed by atoms with van der Waals surface area (Å²) in [6, 6.07) is 11.6. The number of carbonyl (C=O) groups excluding carboxylic acids is 1. The van der Waals surface area contributed by atoms with Crippen molar-refractivity contribution in [3.63, 3.8) is 0 Å². The Kier molecular flexibility index (Phi) is 5.43. The van der Waals surface area contributed by atoms with Gasteiger partial charge in [-0.25, -0.2) is 0 Å². The van der Waals surface area contributed by atoms with Gasteiger partial charge in [0, 0.05) is 23.9 Å². The van der Waals surface area contributed by atoms with Gasteiger partial charge in [0.1, 0.15) is 5.75 Å². The lowest BCUT2D eigenvalue weighted by Gasteiger charge is -2.21. The molecule has 2 N–H and O–H groups in total. The average Bonchev–Trinajstić information content (AvgIpc) is 3.23. The van der Waals surface area contributed by atoms with Gasteiger partial charge >= 0.3 is 0 Å². The van der Waals surface area contributed by atoms with Crippen LogP contribution in [0.5, 0.6) is 5.75 Å². The first kappa shape index (κ1) is 17.3. The van der Waals surface area contributed by atoms with Gasteiger partial charge in [0.05, 0.1) is 23.4 Å². The normalized spacial score (nSPS) is 21.5. The zero-order valence-electron chi connectivity index (χ0n) is 13.7. The van der Waals surface area contributed by atoms with E-state index in [0.717, 1.165) is 22.2 Å². The summed E-state index contributed by atoms with van der Waals surface area (Å²) in [7, 11) is 1.64. The molecule has 6 heteroatoms. The van der Waals surface area contributed by atoms with E-state index >= 15 is 0 Å². The summed E-state index contributed by atoms with van der Waals surface area (Å²) in [5.74, 6) is 0.972. The highest BCUT2D eigenvalue weighted by Crippen LogP contribution is 2.35. The molecule has 24 heavy (non-hydrogen) atoms. The molecular formula is C18H21ClN2O2S. The van der Waals surface area contributed by atoms with E-state index in [1.807, 2.05) is 43.3 Å². The van der Waals surface area contributed by atoms with Crippen molar-refractivity contribution in [1.29, 1.82) is 0 Å². The number of methoxy groups -OCH3 is 1. The molecule has 3 atom stereocenters. The molecule has 0 unspecified atom stereocenters. The van der Waals surface area contributed by atoms with E-state index in [-0.39, 0.29) is 23.8 Å². The molecule has 2 aromatic rings. The number of hydrogen-bond acceptors (Lipinski definition) is 4. The maximum atomic E-state index is 12.8. The van der Waals surface area contributed by atoms with Gasteiger partial charge in [0.15, 0.2) is 0 Å². The molecule has 0 bridgehead atoms. The van der Waals surface area contributed by atoms with Crippen molar-refractivity contribution in [2.75, 3.05) is 20.2 Å². The first-order chi connectivity index (χ1) is 11.6. The minimum Gasteiger partial charge on any atom is -0.497 e. The van der Waals surface area contributed by atoms with Gasteiger partial charge in [0.2, 0.25) is 5.91 Å². The molecule has 128 valence electrons. The van der Waals surface area contributed by atoms with Gasteiger partial charge in [-0.2, -0.15) is 0 Å². The summed E-state index contributed by atoms with van der Waals surface area (Å²) in [5.41, 5.74) is 1.03. The van der Waals surface area contributed by atoms with Crippen LogP contribution in [0.2, 0.25) is 4.34 Å². The zero-order chi connectivity index (χ0) is 17.1. The zero-order valence-corrected chi connectivity index (χ0v) is 15.3. The number of thiophene rings is 1. The van der Waals surface area contributed by atoms with E-state index in [4.69, 9.17) is 16.3 Å². The molecule has 0 aliphatic carbocycles. The van der Waals surface area contributed by atoms with Crippen LogP contribution in [0.25, 0.3) is 0 Å². The third-order valence-corrected chi connectivity index (χ3v) is 5.83. The summed E-state index contributed by atoms with van der Waals surface area (Å²) in [5, 5.41) is 6.46. The fourth-order valence-corrected chi connectivity index (χ4v) is 4.32. The SMILES string of the molecule is COc1cccc([C@H](C)NC(=O)[C@@H]2CNC[C@H]2c2ccc(Cl)s2)c1. The highest BCUT2D eigenvalue weighted by Gasteiger charge is 2.35. The Morgan fingerprint density at radius 1 is 1.38 bits per heavy atom. The molecule has 3 rings (SSSR count). The Hall–Kier alpha value is -1.56. The van der Waals surface area contributed by atoms with Crippen molar-refractivity contribution >= 4 is 28.8 Å².